The molecule has 0 amide bonds. The van der Waals surface area contributed by atoms with E-state index in [9.17, 15) is 0 Å². The Bertz CT molecular complexity index is 154. The monoisotopic (exact) mass is 126 g/mol. The molecule has 0 radical (unpaired) electrons. The molecule has 1 heteroatoms. The lowest BCUT2D eigenvalue weighted by molar-refractivity contribution is 1.06. The van der Waals surface area contributed by atoms with Crippen molar-refractivity contribution >= 4 is 17.1 Å². The van der Waals surface area contributed by atoms with Gasteiger partial charge in [-0.25, -0.2) is 0 Å². The van der Waals surface area contributed by atoms with Gasteiger partial charge in [0.1, 0.15) is 0 Å². The number of rotatable bonds is 0. The van der Waals surface area contributed by atoms with E-state index in [-0.39, 0.29) is 0 Å². The lowest BCUT2D eigenvalue weighted by Crippen LogP contribution is -1.85. The summed E-state index contributed by atoms with van der Waals surface area (Å²) < 4.78 is 0. The van der Waals surface area contributed by atoms with Crippen LogP contribution < -0.4 is 0 Å². The molecule has 0 aliphatic heterocycles. The Balaban J connectivity index is 2.86. The molecular formula is C7H10S. The number of thiocarbonyl (C=S) groups is 1. The predicted molar refractivity (Wildman–Crippen MR) is 40.2 cm³/mol. The SMILES string of the molecule is CC1=C(C)C(=S)CC1. The van der Waals surface area contributed by atoms with Crippen molar-refractivity contribution in [2.45, 2.75) is 26.7 Å². The second kappa shape index (κ2) is 1.98. The zero-order valence-electron chi connectivity index (χ0n) is 5.32. The standard InChI is InChI=1S/C7H10S/c1-5-3-4-7(8)6(5)2/h3-4H2,1-2H3. The Morgan fingerprint density at radius 3 is 2.00 bits per heavy atom. The summed E-state index contributed by atoms with van der Waals surface area (Å²) in [5.74, 6) is 0. The van der Waals surface area contributed by atoms with Gasteiger partial charge in [0.15, 0.2) is 0 Å². The van der Waals surface area contributed by atoms with Gasteiger partial charge in [0.2, 0.25) is 0 Å². The van der Waals surface area contributed by atoms with Crippen molar-refractivity contribution in [3.05, 3.63) is 11.1 Å². The molecule has 0 aromatic heterocycles. The van der Waals surface area contributed by atoms with Crippen LogP contribution in [0.15, 0.2) is 11.1 Å². The third-order valence-electron chi connectivity index (χ3n) is 1.79. The maximum atomic E-state index is 5.06. The molecule has 1 aliphatic rings. The van der Waals surface area contributed by atoms with Crippen LogP contribution in [0, 0.1) is 0 Å². The van der Waals surface area contributed by atoms with E-state index in [1.165, 1.54) is 22.4 Å². The quantitative estimate of drug-likeness (QED) is 0.449. The van der Waals surface area contributed by atoms with E-state index in [1.807, 2.05) is 0 Å². The summed E-state index contributed by atoms with van der Waals surface area (Å²) in [6, 6.07) is 0. The van der Waals surface area contributed by atoms with Crippen LogP contribution in [0.5, 0.6) is 0 Å². The van der Waals surface area contributed by atoms with Crippen molar-refractivity contribution in [2.24, 2.45) is 0 Å². The molecule has 0 saturated carbocycles. The fourth-order valence-electron chi connectivity index (χ4n) is 0.914. The van der Waals surface area contributed by atoms with Gasteiger partial charge in [-0.15, -0.1) is 0 Å². The smallest absolute Gasteiger partial charge is 0.0184 e. The first-order valence-corrected chi connectivity index (χ1v) is 3.32. The number of hydrogen-bond donors (Lipinski definition) is 0. The van der Waals surface area contributed by atoms with Crippen LogP contribution in [0.3, 0.4) is 0 Å². The maximum absolute atomic E-state index is 5.06. The second-order valence-electron chi connectivity index (χ2n) is 2.33. The first-order chi connectivity index (χ1) is 3.72. The molecule has 0 N–H and O–H groups in total. The molecule has 0 aromatic rings. The largest absolute Gasteiger partial charge is 0.0846 e. The van der Waals surface area contributed by atoms with Crippen molar-refractivity contribution < 1.29 is 0 Å². The molecule has 0 spiro atoms. The summed E-state index contributed by atoms with van der Waals surface area (Å²) in [5, 5.41) is 0. The van der Waals surface area contributed by atoms with Crippen molar-refractivity contribution in [2.75, 3.05) is 0 Å². The molecule has 0 saturated heterocycles. The van der Waals surface area contributed by atoms with Gasteiger partial charge in [-0.2, -0.15) is 0 Å². The zero-order valence-corrected chi connectivity index (χ0v) is 6.14. The van der Waals surface area contributed by atoms with Crippen molar-refractivity contribution in [3.63, 3.8) is 0 Å². The Morgan fingerprint density at radius 1 is 1.25 bits per heavy atom. The highest BCUT2D eigenvalue weighted by Gasteiger charge is 2.10. The minimum atomic E-state index is 1.12. The highest BCUT2D eigenvalue weighted by Crippen LogP contribution is 2.22. The normalized spacial score (nSPS) is 20.5. The van der Waals surface area contributed by atoms with Crippen molar-refractivity contribution in [3.8, 4) is 0 Å². The summed E-state index contributed by atoms with van der Waals surface area (Å²) in [7, 11) is 0. The van der Waals surface area contributed by atoms with E-state index in [4.69, 9.17) is 12.2 Å². The minimum Gasteiger partial charge on any atom is -0.0846 e. The molecule has 0 fully saturated rings. The van der Waals surface area contributed by atoms with Crippen LogP contribution in [0.4, 0.5) is 0 Å². The average molecular weight is 126 g/mol. The van der Waals surface area contributed by atoms with Gasteiger partial charge in [0.05, 0.1) is 0 Å². The van der Waals surface area contributed by atoms with E-state index < -0.39 is 0 Å². The van der Waals surface area contributed by atoms with E-state index in [0.29, 0.717) is 0 Å². The molecule has 0 nitrogen and oxygen atoms in total. The number of allylic oxidation sites excluding steroid dienone is 2. The number of hydrogen-bond acceptors (Lipinski definition) is 1. The van der Waals surface area contributed by atoms with E-state index in [1.54, 1.807) is 0 Å². The summed E-state index contributed by atoms with van der Waals surface area (Å²) in [4.78, 5) is 1.17. The topological polar surface area (TPSA) is 0 Å². The Hall–Kier alpha value is -0.170. The molecule has 44 valence electrons. The first-order valence-electron chi connectivity index (χ1n) is 2.91. The fourth-order valence-corrected chi connectivity index (χ4v) is 1.19. The molecule has 0 aromatic carbocycles. The lowest BCUT2D eigenvalue weighted by Gasteiger charge is -1.89. The first kappa shape index (κ1) is 5.96. The molecule has 0 atom stereocenters. The van der Waals surface area contributed by atoms with Gasteiger partial charge in [-0.1, -0.05) is 17.8 Å². The molecular weight excluding hydrogens is 116 g/mol. The van der Waals surface area contributed by atoms with E-state index in [0.717, 1.165) is 6.42 Å². The van der Waals surface area contributed by atoms with Crippen molar-refractivity contribution in [1.82, 2.24) is 0 Å². The Morgan fingerprint density at radius 2 is 1.88 bits per heavy atom. The van der Waals surface area contributed by atoms with Gasteiger partial charge in [-0.05, 0) is 32.3 Å². The molecule has 1 aliphatic carbocycles. The van der Waals surface area contributed by atoms with E-state index in [2.05, 4.69) is 13.8 Å². The van der Waals surface area contributed by atoms with Crippen LogP contribution in [-0.2, 0) is 0 Å². The maximum Gasteiger partial charge on any atom is 0.0184 e. The Kier molecular flexibility index (Phi) is 1.47. The van der Waals surface area contributed by atoms with Gasteiger partial charge < -0.3 is 0 Å². The molecule has 0 unspecified atom stereocenters. The third-order valence-corrected chi connectivity index (χ3v) is 2.30. The summed E-state index contributed by atoms with van der Waals surface area (Å²) in [6.07, 6.45) is 2.32. The highest BCUT2D eigenvalue weighted by atomic mass is 32.1. The minimum absolute atomic E-state index is 1.12. The third kappa shape index (κ3) is 0.826. The molecule has 8 heavy (non-hydrogen) atoms. The second-order valence-corrected chi connectivity index (χ2v) is 2.82. The van der Waals surface area contributed by atoms with Crippen LogP contribution >= 0.6 is 12.2 Å². The van der Waals surface area contributed by atoms with Gasteiger partial charge in [0.25, 0.3) is 0 Å². The van der Waals surface area contributed by atoms with Crippen LogP contribution in [0.1, 0.15) is 26.7 Å². The fraction of sp³-hybridized carbons (Fsp3) is 0.571. The molecule has 0 heterocycles. The van der Waals surface area contributed by atoms with Crippen LogP contribution in [-0.4, -0.2) is 4.86 Å². The molecule has 1 rings (SSSR count). The van der Waals surface area contributed by atoms with Crippen molar-refractivity contribution in [1.29, 1.82) is 0 Å². The molecule has 0 bridgehead atoms. The highest BCUT2D eigenvalue weighted by molar-refractivity contribution is 7.80. The lowest BCUT2D eigenvalue weighted by atomic mass is 10.2. The average Bonchev–Trinajstić information content (AvgIpc) is 1.98. The summed E-state index contributed by atoms with van der Waals surface area (Å²) >= 11 is 5.06. The van der Waals surface area contributed by atoms with Crippen LogP contribution in [0.2, 0.25) is 0 Å². The van der Waals surface area contributed by atoms with Crippen LogP contribution in [0.25, 0.3) is 0 Å². The summed E-state index contributed by atoms with van der Waals surface area (Å²) in [6.45, 7) is 4.28. The van der Waals surface area contributed by atoms with Gasteiger partial charge >= 0.3 is 0 Å². The van der Waals surface area contributed by atoms with Gasteiger partial charge in [-0.3, -0.25) is 0 Å². The Labute approximate surface area is 55.6 Å². The van der Waals surface area contributed by atoms with E-state index >= 15 is 0 Å². The predicted octanol–water partition coefficient (Wildman–Crippen LogP) is 2.49. The van der Waals surface area contributed by atoms with Gasteiger partial charge in [0, 0.05) is 4.86 Å². The zero-order chi connectivity index (χ0) is 6.15. The summed E-state index contributed by atoms with van der Waals surface area (Å²) in [5.41, 5.74) is 2.84.